The molecule has 5 heteroatoms. The van der Waals surface area contributed by atoms with Crippen molar-refractivity contribution in [1.29, 1.82) is 0 Å². The molecule has 1 saturated heterocycles. The van der Waals surface area contributed by atoms with Crippen molar-refractivity contribution in [2.45, 2.75) is 44.7 Å². The molecule has 0 radical (unpaired) electrons. The second-order valence-electron chi connectivity index (χ2n) is 6.01. The third-order valence-corrected chi connectivity index (χ3v) is 5.20. The van der Waals surface area contributed by atoms with Crippen LogP contribution < -0.4 is 5.32 Å². The van der Waals surface area contributed by atoms with Crippen molar-refractivity contribution in [2.24, 2.45) is 5.92 Å². The fourth-order valence-corrected chi connectivity index (χ4v) is 3.47. The second kappa shape index (κ2) is 5.88. The van der Waals surface area contributed by atoms with Crippen molar-refractivity contribution < 1.29 is 8.42 Å². The van der Waals surface area contributed by atoms with Crippen LogP contribution in [0, 0.1) is 5.92 Å². The summed E-state index contributed by atoms with van der Waals surface area (Å²) in [6, 6.07) is 1.20. The highest BCUT2D eigenvalue weighted by atomic mass is 32.2. The molecule has 1 aliphatic carbocycles. The maximum absolute atomic E-state index is 11.2. The van der Waals surface area contributed by atoms with Crippen LogP contribution in [0.5, 0.6) is 0 Å². The average Bonchev–Trinajstić information content (AvgIpc) is 3.05. The van der Waals surface area contributed by atoms with Gasteiger partial charge in [0.2, 0.25) is 0 Å². The Balaban J connectivity index is 1.83. The molecule has 2 rings (SSSR count). The van der Waals surface area contributed by atoms with Crippen molar-refractivity contribution in [3.63, 3.8) is 0 Å². The van der Waals surface area contributed by atoms with E-state index in [1.54, 1.807) is 0 Å². The smallest absolute Gasteiger partial charge is 0.147 e. The fraction of sp³-hybridized carbons (Fsp3) is 1.00. The Bertz CT molecular complexity index is 365. The quantitative estimate of drug-likeness (QED) is 0.809. The molecule has 0 aromatic heterocycles. The number of nitrogens with one attached hydrogen (secondary N) is 1. The minimum absolute atomic E-state index is 0.317. The summed E-state index contributed by atoms with van der Waals surface area (Å²) in [4.78, 5) is 2.48. The van der Waals surface area contributed by atoms with E-state index in [0.717, 1.165) is 32.0 Å². The molecule has 106 valence electrons. The van der Waals surface area contributed by atoms with Crippen molar-refractivity contribution in [3.8, 4) is 0 Å². The van der Waals surface area contributed by atoms with Crippen LogP contribution in [-0.2, 0) is 9.84 Å². The van der Waals surface area contributed by atoms with Gasteiger partial charge in [-0.15, -0.1) is 0 Å². The van der Waals surface area contributed by atoms with Gasteiger partial charge in [0.15, 0.2) is 0 Å². The Kier molecular flexibility index (Phi) is 4.67. The normalized spacial score (nSPS) is 31.2. The first kappa shape index (κ1) is 14.3. The topological polar surface area (TPSA) is 49.4 Å². The molecule has 0 amide bonds. The van der Waals surface area contributed by atoms with Gasteiger partial charge in [-0.1, -0.05) is 0 Å². The first-order chi connectivity index (χ1) is 8.46. The Labute approximate surface area is 111 Å². The zero-order valence-electron chi connectivity index (χ0n) is 11.6. The number of hydrogen-bond donors (Lipinski definition) is 1. The first-order valence-corrected chi connectivity index (χ1v) is 9.17. The van der Waals surface area contributed by atoms with Gasteiger partial charge >= 0.3 is 0 Å². The van der Waals surface area contributed by atoms with E-state index >= 15 is 0 Å². The maximum Gasteiger partial charge on any atom is 0.147 e. The molecule has 1 saturated carbocycles. The molecule has 1 aliphatic heterocycles. The van der Waals surface area contributed by atoms with E-state index in [-0.39, 0.29) is 0 Å². The van der Waals surface area contributed by atoms with E-state index < -0.39 is 9.84 Å². The lowest BCUT2D eigenvalue weighted by atomic mass is 10.1. The van der Waals surface area contributed by atoms with Crippen molar-refractivity contribution in [3.05, 3.63) is 0 Å². The molecule has 2 atom stereocenters. The Morgan fingerprint density at radius 3 is 2.61 bits per heavy atom. The third-order valence-electron chi connectivity index (χ3n) is 4.17. The zero-order valence-corrected chi connectivity index (χ0v) is 12.4. The molecule has 2 aliphatic rings. The molecule has 2 fully saturated rings. The van der Waals surface area contributed by atoms with E-state index in [1.165, 1.54) is 25.5 Å². The van der Waals surface area contributed by atoms with Gasteiger partial charge in [0.05, 0.1) is 5.75 Å². The van der Waals surface area contributed by atoms with Crippen molar-refractivity contribution in [1.82, 2.24) is 10.2 Å². The Hall–Kier alpha value is -0.130. The van der Waals surface area contributed by atoms with Crippen LogP contribution in [0.3, 0.4) is 0 Å². The maximum atomic E-state index is 11.2. The average molecular weight is 274 g/mol. The fourth-order valence-electron chi connectivity index (χ4n) is 2.81. The van der Waals surface area contributed by atoms with E-state index in [9.17, 15) is 8.42 Å². The monoisotopic (exact) mass is 274 g/mol. The predicted octanol–water partition coefficient (Wildman–Crippen LogP) is 0.884. The van der Waals surface area contributed by atoms with E-state index in [1.807, 2.05) is 0 Å². The van der Waals surface area contributed by atoms with Gasteiger partial charge in [0.1, 0.15) is 9.84 Å². The highest BCUT2D eigenvalue weighted by molar-refractivity contribution is 7.90. The first-order valence-electron chi connectivity index (χ1n) is 7.11. The molecule has 18 heavy (non-hydrogen) atoms. The lowest BCUT2D eigenvalue weighted by Gasteiger charge is -2.29. The second-order valence-corrected chi connectivity index (χ2v) is 8.27. The molecule has 0 spiro atoms. The van der Waals surface area contributed by atoms with Gasteiger partial charge in [-0.3, -0.25) is 4.90 Å². The summed E-state index contributed by atoms with van der Waals surface area (Å²) in [7, 11) is -2.81. The summed E-state index contributed by atoms with van der Waals surface area (Å²) in [6.07, 6.45) is 5.99. The summed E-state index contributed by atoms with van der Waals surface area (Å²) >= 11 is 0. The van der Waals surface area contributed by atoms with Gasteiger partial charge in [0, 0.05) is 24.9 Å². The lowest BCUT2D eigenvalue weighted by Crippen LogP contribution is -2.42. The van der Waals surface area contributed by atoms with Crippen LogP contribution >= 0.6 is 0 Å². The summed E-state index contributed by atoms with van der Waals surface area (Å²) in [5.41, 5.74) is 0. The number of hydrogen-bond acceptors (Lipinski definition) is 4. The summed E-state index contributed by atoms with van der Waals surface area (Å²) < 4.78 is 22.3. The minimum atomic E-state index is -2.81. The standard InChI is InChI=1S/C13H26N2O2S/c1-11-6-7-14-13(12-4-5-12)10-15(11)8-3-9-18(2,16)17/h11-14H,3-10H2,1-2H3. The van der Waals surface area contributed by atoms with Gasteiger partial charge < -0.3 is 5.32 Å². The summed E-state index contributed by atoms with van der Waals surface area (Å²) in [5, 5.41) is 3.65. The van der Waals surface area contributed by atoms with Gasteiger partial charge in [0.25, 0.3) is 0 Å². The molecular formula is C13H26N2O2S. The highest BCUT2D eigenvalue weighted by Gasteiger charge is 2.34. The van der Waals surface area contributed by atoms with E-state index in [2.05, 4.69) is 17.1 Å². The number of rotatable bonds is 5. The Morgan fingerprint density at radius 1 is 1.28 bits per heavy atom. The van der Waals surface area contributed by atoms with E-state index in [4.69, 9.17) is 0 Å². The molecule has 1 heterocycles. The van der Waals surface area contributed by atoms with Crippen LogP contribution in [0.1, 0.15) is 32.6 Å². The van der Waals surface area contributed by atoms with Crippen molar-refractivity contribution >= 4 is 9.84 Å². The Morgan fingerprint density at radius 2 is 2.00 bits per heavy atom. The van der Waals surface area contributed by atoms with Gasteiger partial charge in [-0.2, -0.15) is 0 Å². The van der Waals surface area contributed by atoms with Crippen LogP contribution in [0.2, 0.25) is 0 Å². The molecule has 1 N–H and O–H groups in total. The zero-order chi connectivity index (χ0) is 13.2. The van der Waals surface area contributed by atoms with Gasteiger partial charge in [-0.25, -0.2) is 8.42 Å². The molecule has 0 aromatic carbocycles. The summed E-state index contributed by atoms with van der Waals surface area (Å²) in [5.74, 6) is 1.19. The molecule has 0 bridgehead atoms. The van der Waals surface area contributed by atoms with Crippen LogP contribution in [-0.4, -0.2) is 57.0 Å². The van der Waals surface area contributed by atoms with Crippen LogP contribution in [0.15, 0.2) is 0 Å². The molecule has 0 aromatic rings. The lowest BCUT2D eigenvalue weighted by molar-refractivity contribution is 0.200. The molecule has 4 nitrogen and oxygen atoms in total. The summed E-state index contributed by atoms with van der Waals surface area (Å²) in [6.45, 7) is 5.37. The van der Waals surface area contributed by atoms with Crippen molar-refractivity contribution in [2.75, 3.05) is 31.6 Å². The van der Waals surface area contributed by atoms with Crippen LogP contribution in [0.25, 0.3) is 0 Å². The number of sulfone groups is 1. The highest BCUT2D eigenvalue weighted by Crippen LogP contribution is 2.34. The minimum Gasteiger partial charge on any atom is -0.312 e. The van der Waals surface area contributed by atoms with E-state index in [0.29, 0.717) is 17.8 Å². The number of nitrogens with zero attached hydrogens (tertiary/aromatic N) is 1. The molecule has 2 unspecified atom stereocenters. The largest absolute Gasteiger partial charge is 0.312 e. The molecular weight excluding hydrogens is 248 g/mol. The van der Waals surface area contributed by atoms with Gasteiger partial charge in [-0.05, 0) is 51.6 Å². The SMILES string of the molecule is CC1CCNC(C2CC2)CN1CCCS(C)(=O)=O. The predicted molar refractivity (Wildman–Crippen MR) is 74.5 cm³/mol. The van der Waals surface area contributed by atoms with Crippen LogP contribution in [0.4, 0.5) is 0 Å². The third kappa shape index (κ3) is 4.52.